The molecular weight excluding hydrogens is 420 g/mol. The fourth-order valence-corrected chi connectivity index (χ4v) is 5.65. The van der Waals surface area contributed by atoms with Gasteiger partial charge in [-0.1, -0.05) is 29.8 Å². The number of aromatic nitrogens is 3. The molecule has 2 aromatic heterocycles. The number of piperidine rings is 1. The fraction of sp³-hybridized carbons (Fsp3) is 0.381. The van der Waals surface area contributed by atoms with Gasteiger partial charge in [0.2, 0.25) is 10.0 Å². The van der Waals surface area contributed by atoms with E-state index in [1.165, 1.54) is 13.4 Å². The summed E-state index contributed by atoms with van der Waals surface area (Å²) in [5.41, 5.74) is 2.27. The van der Waals surface area contributed by atoms with E-state index in [1.807, 2.05) is 31.2 Å². The van der Waals surface area contributed by atoms with Crippen LogP contribution < -0.4 is 5.69 Å². The van der Waals surface area contributed by atoms with Gasteiger partial charge in [-0.25, -0.2) is 22.5 Å². The summed E-state index contributed by atoms with van der Waals surface area (Å²) in [5, 5.41) is 9.17. The van der Waals surface area contributed by atoms with Crippen LogP contribution in [0.15, 0.2) is 47.4 Å². The molecule has 1 fully saturated rings. The molecule has 3 aromatic rings. The van der Waals surface area contributed by atoms with Crippen molar-refractivity contribution in [1.29, 1.82) is 0 Å². The molecule has 0 spiro atoms. The second-order valence-electron chi connectivity index (χ2n) is 7.85. The van der Waals surface area contributed by atoms with E-state index < -0.39 is 28.2 Å². The van der Waals surface area contributed by atoms with Crippen molar-refractivity contribution < 1.29 is 18.3 Å². The summed E-state index contributed by atoms with van der Waals surface area (Å²) in [7, 11) is -3.47. The summed E-state index contributed by atoms with van der Waals surface area (Å²) in [6.07, 6.45) is 2.47. The van der Waals surface area contributed by atoms with Crippen LogP contribution in [0.2, 0.25) is 0 Å². The summed E-state index contributed by atoms with van der Waals surface area (Å²) >= 11 is 0. The molecule has 0 radical (unpaired) electrons. The molecule has 1 aliphatic heterocycles. The van der Waals surface area contributed by atoms with Crippen molar-refractivity contribution in [3.8, 4) is 0 Å². The molecule has 0 saturated carbocycles. The van der Waals surface area contributed by atoms with Gasteiger partial charge in [0.05, 0.1) is 11.3 Å². The second-order valence-corrected chi connectivity index (χ2v) is 9.82. The predicted octanol–water partition coefficient (Wildman–Crippen LogP) is 1.76. The molecule has 0 atom stereocenters. The molecular formula is C21H24N4O5S. The van der Waals surface area contributed by atoms with E-state index >= 15 is 0 Å². The number of pyridine rings is 1. The molecule has 3 heterocycles. The molecule has 9 nitrogen and oxygen atoms in total. The number of carbonyl (C=O) groups is 1. The smallest absolute Gasteiger partial charge is 0.331 e. The van der Waals surface area contributed by atoms with Gasteiger partial charge in [-0.05, 0) is 37.5 Å². The first-order valence-electron chi connectivity index (χ1n) is 10.1. The average Bonchev–Trinajstić information content (AvgIpc) is 3.01. The first kappa shape index (κ1) is 21.3. The molecule has 1 aliphatic rings. The number of benzene rings is 1. The minimum absolute atomic E-state index is 0.0582. The van der Waals surface area contributed by atoms with E-state index in [1.54, 1.807) is 18.3 Å². The standard InChI is InChI=1S/C21H24N4O5S/c1-15-4-6-16(7-5-15)14-31(29,30)23-11-8-17(9-12-23)25-20-18(3-2-10-22-20)24(21(25)28)13-19(26)27/h2-7,10,17H,8-9,11-14H2,1H3,(H,26,27). The minimum atomic E-state index is -3.47. The molecule has 0 aliphatic carbocycles. The lowest BCUT2D eigenvalue weighted by Crippen LogP contribution is -2.41. The highest BCUT2D eigenvalue weighted by Crippen LogP contribution is 2.27. The van der Waals surface area contributed by atoms with Gasteiger partial charge in [0, 0.05) is 25.3 Å². The number of sulfonamides is 1. The number of aryl methyl sites for hydroxylation is 1. The number of aliphatic carboxylic acids is 1. The largest absolute Gasteiger partial charge is 0.480 e. The van der Waals surface area contributed by atoms with Crippen molar-refractivity contribution in [2.24, 2.45) is 0 Å². The van der Waals surface area contributed by atoms with Crippen molar-refractivity contribution >= 4 is 27.2 Å². The summed E-state index contributed by atoms with van der Waals surface area (Å²) in [5.74, 6) is -1.17. The maximum atomic E-state index is 13.0. The quantitative estimate of drug-likeness (QED) is 0.620. The number of carboxylic acids is 1. The van der Waals surface area contributed by atoms with Gasteiger partial charge < -0.3 is 5.11 Å². The van der Waals surface area contributed by atoms with E-state index in [9.17, 15) is 18.0 Å². The van der Waals surface area contributed by atoms with Crippen LogP contribution in [0.1, 0.15) is 30.0 Å². The number of rotatable bonds is 6. The number of fused-ring (bicyclic) bond motifs is 1. The number of imidazole rings is 1. The molecule has 1 saturated heterocycles. The third kappa shape index (κ3) is 4.26. The zero-order valence-electron chi connectivity index (χ0n) is 17.1. The molecule has 1 N–H and O–H groups in total. The van der Waals surface area contributed by atoms with Crippen LogP contribution >= 0.6 is 0 Å². The summed E-state index contributed by atoms with van der Waals surface area (Å²) in [4.78, 5) is 28.5. The Kier molecular flexibility index (Phi) is 5.67. The summed E-state index contributed by atoms with van der Waals surface area (Å²) < 4.78 is 29.9. The van der Waals surface area contributed by atoms with Gasteiger partial charge in [-0.2, -0.15) is 0 Å². The van der Waals surface area contributed by atoms with Crippen molar-refractivity contribution in [2.45, 2.75) is 38.1 Å². The van der Waals surface area contributed by atoms with Gasteiger partial charge in [0.15, 0.2) is 5.65 Å². The third-order valence-corrected chi connectivity index (χ3v) is 7.52. The van der Waals surface area contributed by atoms with Crippen LogP contribution in [0.5, 0.6) is 0 Å². The third-order valence-electron chi connectivity index (χ3n) is 5.67. The van der Waals surface area contributed by atoms with Crippen molar-refractivity contribution in [3.05, 3.63) is 64.2 Å². The molecule has 0 unspecified atom stereocenters. The van der Waals surface area contributed by atoms with Crippen LogP contribution in [0.3, 0.4) is 0 Å². The maximum Gasteiger partial charge on any atom is 0.331 e. The fourth-order valence-electron chi connectivity index (χ4n) is 4.09. The SMILES string of the molecule is Cc1ccc(CS(=O)(=O)N2CCC(n3c(=O)n(CC(=O)O)c4cccnc43)CC2)cc1. The topological polar surface area (TPSA) is 114 Å². The summed E-state index contributed by atoms with van der Waals surface area (Å²) in [6, 6.07) is 10.5. The van der Waals surface area contributed by atoms with E-state index in [2.05, 4.69) is 4.98 Å². The molecule has 1 aromatic carbocycles. The lowest BCUT2D eigenvalue weighted by atomic mass is 10.1. The van der Waals surface area contributed by atoms with Crippen LogP contribution in [0.25, 0.3) is 11.2 Å². The maximum absolute atomic E-state index is 13.0. The highest BCUT2D eigenvalue weighted by Gasteiger charge is 2.31. The van der Waals surface area contributed by atoms with Gasteiger partial charge >= 0.3 is 11.7 Å². The second kappa shape index (κ2) is 8.27. The Morgan fingerprint density at radius 2 is 1.84 bits per heavy atom. The van der Waals surface area contributed by atoms with Gasteiger partial charge in [-0.3, -0.25) is 13.9 Å². The Morgan fingerprint density at radius 1 is 1.16 bits per heavy atom. The van der Waals surface area contributed by atoms with Crippen molar-refractivity contribution in [2.75, 3.05) is 13.1 Å². The zero-order chi connectivity index (χ0) is 22.2. The first-order valence-corrected chi connectivity index (χ1v) is 11.7. The normalized spacial score (nSPS) is 16.0. The molecule has 10 heteroatoms. The average molecular weight is 445 g/mol. The number of hydrogen-bond acceptors (Lipinski definition) is 5. The van der Waals surface area contributed by atoms with Crippen LogP contribution in [0.4, 0.5) is 0 Å². The Hall–Kier alpha value is -2.98. The van der Waals surface area contributed by atoms with Crippen LogP contribution in [-0.2, 0) is 27.1 Å². The Labute approximate surface area is 179 Å². The summed E-state index contributed by atoms with van der Waals surface area (Å²) in [6.45, 7) is 2.10. The molecule has 164 valence electrons. The molecule has 31 heavy (non-hydrogen) atoms. The highest BCUT2D eigenvalue weighted by atomic mass is 32.2. The molecule has 4 rings (SSSR count). The molecule has 0 bridgehead atoms. The number of hydrogen-bond donors (Lipinski definition) is 1. The van der Waals surface area contributed by atoms with Gasteiger partial charge in [-0.15, -0.1) is 0 Å². The Bertz CT molecular complexity index is 1270. The van der Waals surface area contributed by atoms with E-state index in [0.717, 1.165) is 11.1 Å². The van der Waals surface area contributed by atoms with E-state index in [4.69, 9.17) is 5.11 Å². The first-order chi connectivity index (χ1) is 14.8. The molecule has 0 amide bonds. The van der Waals surface area contributed by atoms with Crippen molar-refractivity contribution in [3.63, 3.8) is 0 Å². The Balaban J connectivity index is 1.54. The lowest BCUT2D eigenvalue weighted by Gasteiger charge is -2.31. The number of nitrogens with zero attached hydrogens (tertiary/aromatic N) is 4. The Morgan fingerprint density at radius 3 is 2.48 bits per heavy atom. The van der Waals surface area contributed by atoms with Crippen LogP contribution in [-0.4, -0.2) is 51.0 Å². The predicted molar refractivity (Wildman–Crippen MR) is 115 cm³/mol. The highest BCUT2D eigenvalue weighted by molar-refractivity contribution is 7.88. The number of carboxylic acid groups (broad SMARTS) is 1. The lowest BCUT2D eigenvalue weighted by molar-refractivity contribution is -0.137. The monoisotopic (exact) mass is 444 g/mol. The zero-order valence-corrected chi connectivity index (χ0v) is 18.0. The van der Waals surface area contributed by atoms with Crippen LogP contribution in [0, 0.1) is 6.92 Å². The van der Waals surface area contributed by atoms with Gasteiger partial charge in [0.1, 0.15) is 6.54 Å². The van der Waals surface area contributed by atoms with Crippen molar-refractivity contribution in [1.82, 2.24) is 18.4 Å². The van der Waals surface area contributed by atoms with Gasteiger partial charge in [0.25, 0.3) is 0 Å². The van der Waals surface area contributed by atoms with E-state index in [0.29, 0.717) is 37.1 Å². The minimum Gasteiger partial charge on any atom is -0.480 e. The van der Waals surface area contributed by atoms with E-state index in [-0.39, 0.29) is 11.8 Å².